The van der Waals surface area contributed by atoms with E-state index >= 15 is 0 Å². The zero-order valence-electron chi connectivity index (χ0n) is 15.2. The number of rotatable bonds is 2. The third kappa shape index (κ3) is 3.33. The summed E-state index contributed by atoms with van der Waals surface area (Å²) in [5.74, 6) is -0.0697. The molecular formula is C23H21BrN2O. The molecule has 0 fully saturated rings. The fraction of sp³-hybridized carbons (Fsp3) is 0.304. The van der Waals surface area contributed by atoms with Crippen molar-refractivity contribution in [2.24, 2.45) is 5.92 Å². The van der Waals surface area contributed by atoms with Crippen LogP contribution in [-0.4, -0.2) is 11.8 Å². The fourth-order valence-electron chi connectivity index (χ4n) is 4.45. The molecule has 136 valence electrons. The number of ketones is 1. The van der Waals surface area contributed by atoms with Crippen molar-refractivity contribution < 1.29 is 4.79 Å². The standard InChI is InChI=1S/C23H21BrN2O/c1-14-19(13-25)22(16-7-9-18(24)10-8-16)23-20(26-14)11-17(12-21(23)27)15-5-3-2-4-6-15/h2-10,14,17,19,22,26H,11-12H2,1H3. The minimum absolute atomic E-state index is 0.00437. The molecule has 0 saturated heterocycles. The number of halogens is 1. The predicted octanol–water partition coefficient (Wildman–Crippen LogP) is 5.06. The highest BCUT2D eigenvalue weighted by atomic mass is 79.9. The first-order valence-electron chi connectivity index (χ1n) is 9.31. The van der Waals surface area contributed by atoms with Crippen molar-refractivity contribution in [3.63, 3.8) is 0 Å². The average Bonchev–Trinajstić information content (AvgIpc) is 2.68. The topological polar surface area (TPSA) is 52.9 Å². The maximum atomic E-state index is 13.2. The zero-order valence-corrected chi connectivity index (χ0v) is 16.7. The van der Waals surface area contributed by atoms with E-state index in [2.05, 4.69) is 39.4 Å². The van der Waals surface area contributed by atoms with Gasteiger partial charge in [-0.15, -0.1) is 0 Å². The average molecular weight is 421 g/mol. The third-order valence-electron chi connectivity index (χ3n) is 5.77. The van der Waals surface area contributed by atoms with Gasteiger partial charge in [-0.3, -0.25) is 4.79 Å². The summed E-state index contributed by atoms with van der Waals surface area (Å²) in [6.07, 6.45) is 1.32. The lowest BCUT2D eigenvalue weighted by Crippen LogP contribution is -2.45. The molecule has 0 bridgehead atoms. The van der Waals surface area contributed by atoms with Crippen molar-refractivity contribution in [2.75, 3.05) is 0 Å². The van der Waals surface area contributed by atoms with Gasteiger partial charge >= 0.3 is 0 Å². The van der Waals surface area contributed by atoms with Crippen LogP contribution in [0, 0.1) is 17.2 Å². The summed E-state index contributed by atoms with van der Waals surface area (Å²) >= 11 is 3.47. The van der Waals surface area contributed by atoms with Crippen LogP contribution < -0.4 is 5.32 Å². The summed E-state index contributed by atoms with van der Waals surface area (Å²) < 4.78 is 0.995. The van der Waals surface area contributed by atoms with Crippen molar-refractivity contribution in [1.82, 2.24) is 5.32 Å². The molecule has 0 saturated carbocycles. The van der Waals surface area contributed by atoms with Crippen LogP contribution in [0.5, 0.6) is 0 Å². The molecule has 0 radical (unpaired) electrons. The van der Waals surface area contributed by atoms with Crippen LogP contribution in [0.2, 0.25) is 0 Å². The second-order valence-corrected chi connectivity index (χ2v) is 8.36. The van der Waals surface area contributed by atoms with E-state index in [0.717, 1.165) is 27.7 Å². The van der Waals surface area contributed by atoms with E-state index in [1.54, 1.807) is 0 Å². The molecule has 1 aliphatic carbocycles. The van der Waals surface area contributed by atoms with Gasteiger partial charge in [0.2, 0.25) is 0 Å². The van der Waals surface area contributed by atoms with Gasteiger partial charge in [0.25, 0.3) is 0 Å². The highest BCUT2D eigenvalue weighted by Gasteiger charge is 2.43. The molecule has 4 rings (SSSR count). The number of carbonyl (C=O) groups is 1. The van der Waals surface area contributed by atoms with Crippen LogP contribution in [0.4, 0.5) is 0 Å². The first-order chi connectivity index (χ1) is 13.1. The molecule has 0 aromatic heterocycles. The minimum Gasteiger partial charge on any atom is -0.384 e. The van der Waals surface area contributed by atoms with E-state index in [0.29, 0.717) is 6.42 Å². The Morgan fingerprint density at radius 2 is 1.74 bits per heavy atom. The zero-order chi connectivity index (χ0) is 19.0. The Morgan fingerprint density at radius 1 is 1.04 bits per heavy atom. The van der Waals surface area contributed by atoms with Crippen molar-refractivity contribution in [3.05, 3.63) is 81.5 Å². The van der Waals surface area contributed by atoms with Gasteiger partial charge in [-0.05, 0) is 42.5 Å². The highest BCUT2D eigenvalue weighted by Crippen LogP contribution is 2.45. The molecule has 0 amide bonds. The van der Waals surface area contributed by atoms with Crippen molar-refractivity contribution >= 4 is 21.7 Å². The Labute approximate surface area is 168 Å². The van der Waals surface area contributed by atoms with E-state index < -0.39 is 0 Å². The first-order valence-corrected chi connectivity index (χ1v) is 10.1. The van der Waals surface area contributed by atoms with Crippen LogP contribution in [0.25, 0.3) is 0 Å². The second kappa shape index (κ2) is 7.32. The second-order valence-electron chi connectivity index (χ2n) is 7.45. The molecule has 1 N–H and O–H groups in total. The van der Waals surface area contributed by atoms with Gasteiger partial charge < -0.3 is 5.32 Å². The Bertz CT molecular complexity index is 927. The van der Waals surface area contributed by atoms with Gasteiger partial charge in [0, 0.05) is 34.1 Å². The monoisotopic (exact) mass is 420 g/mol. The lowest BCUT2D eigenvalue weighted by molar-refractivity contribution is -0.117. The van der Waals surface area contributed by atoms with Gasteiger partial charge in [-0.2, -0.15) is 5.26 Å². The van der Waals surface area contributed by atoms with E-state index in [4.69, 9.17) is 0 Å². The van der Waals surface area contributed by atoms with Crippen molar-refractivity contribution in [2.45, 2.75) is 37.6 Å². The Hall–Kier alpha value is -2.38. The fourth-order valence-corrected chi connectivity index (χ4v) is 4.72. The molecule has 1 aliphatic heterocycles. The molecule has 3 nitrogen and oxygen atoms in total. The van der Waals surface area contributed by atoms with Crippen molar-refractivity contribution in [3.8, 4) is 6.07 Å². The predicted molar refractivity (Wildman–Crippen MR) is 109 cm³/mol. The van der Waals surface area contributed by atoms with Crippen LogP contribution >= 0.6 is 15.9 Å². The number of hydrogen-bond acceptors (Lipinski definition) is 3. The molecule has 1 heterocycles. The number of benzene rings is 2. The molecule has 27 heavy (non-hydrogen) atoms. The summed E-state index contributed by atoms with van der Waals surface area (Å²) in [5, 5.41) is 13.3. The SMILES string of the molecule is CC1NC2=C(C(=O)CC(c3ccccc3)C2)C(c2ccc(Br)cc2)C1C#N. The van der Waals surface area contributed by atoms with Gasteiger partial charge in [0.15, 0.2) is 5.78 Å². The van der Waals surface area contributed by atoms with Crippen LogP contribution in [0.1, 0.15) is 42.7 Å². The molecule has 0 spiro atoms. The van der Waals surface area contributed by atoms with E-state index in [-0.39, 0.29) is 29.6 Å². The summed E-state index contributed by atoms with van der Waals surface area (Å²) in [5.41, 5.74) is 4.08. The quantitative estimate of drug-likeness (QED) is 0.737. The molecule has 4 heteroatoms. The molecular weight excluding hydrogens is 400 g/mol. The Morgan fingerprint density at radius 3 is 2.41 bits per heavy atom. The van der Waals surface area contributed by atoms with Crippen LogP contribution in [0.15, 0.2) is 70.3 Å². The van der Waals surface area contributed by atoms with Gasteiger partial charge in [-0.1, -0.05) is 58.4 Å². The van der Waals surface area contributed by atoms with Gasteiger partial charge in [0.1, 0.15) is 0 Å². The lowest BCUT2D eigenvalue weighted by Gasteiger charge is -2.41. The lowest BCUT2D eigenvalue weighted by atomic mass is 9.68. The maximum absolute atomic E-state index is 13.2. The van der Waals surface area contributed by atoms with E-state index in [1.807, 2.05) is 49.4 Å². The number of Topliss-reactive ketones (excluding diaryl/α,β-unsaturated/α-hetero) is 1. The van der Waals surface area contributed by atoms with Crippen LogP contribution in [0.3, 0.4) is 0 Å². The van der Waals surface area contributed by atoms with Crippen LogP contribution in [-0.2, 0) is 4.79 Å². The van der Waals surface area contributed by atoms with E-state index in [1.165, 1.54) is 5.56 Å². The summed E-state index contributed by atoms with van der Waals surface area (Å²) in [6, 6.07) is 20.7. The number of nitrogens with zero attached hydrogens (tertiary/aromatic N) is 1. The van der Waals surface area contributed by atoms with Gasteiger partial charge in [-0.25, -0.2) is 0 Å². The molecule has 2 aromatic rings. The number of nitrogens with one attached hydrogen (secondary N) is 1. The summed E-state index contributed by atoms with van der Waals surface area (Å²) in [7, 11) is 0. The molecule has 2 aromatic carbocycles. The Balaban J connectivity index is 1.77. The number of nitriles is 1. The smallest absolute Gasteiger partial charge is 0.161 e. The number of carbonyl (C=O) groups excluding carboxylic acids is 1. The highest BCUT2D eigenvalue weighted by molar-refractivity contribution is 9.10. The minimum atomic E-state index is -0.262. The normalized spacial score (nSPS) is 27.5. The summed E-state index contributed by atoms with van der Waals surface area (Å²) in [4.78, 5) is 13.2. The maximum Gasteiger partial charge on any atom is 0.161 e. The van der Waals surface area contributed by atoms with Crippen molar-refractivity contribution in [1.29, 1.82) is 5.26 Å². The molecule has 4 atom stereocenters. The third-order valence-corrected chi connectivity index (χ3v) is 6.30. The Kier molecular flexibility index (Phi) is 4.88. The molecule has 2 aliphatic rings. The molecule has 4 unspecified atom stereocenters. The first kappa shape index (κ1) is 18.0. The van der Waals surface area contributed by atoms with Gasteiger partial charge in [0.05, 0.1) is 12.0 Å². The largest absolute Gasteiger partial charge is 0.384 e. The number of hydrogen-bond donors (Lipinski definition) is 1. The summed E-state index contributed by atoms with van der Waals surface area (Å²) in [6.45, 7) is 2.04. The number of allylic oxidation sites excluding steroid dienone is 2. The van der Waals surface area contributed by atoms with E-state index in [9.17, 15) is 10.1 Å².